The maximum Gasteiger partial charge on any atom is 0.261 e. The minimum atomic E-state index is -2.60. The normalized spacial score (nSPS) is 26.9. The smallest absolute Gasteiger partial charge is 0.261 e. The van der Waals surface area contributed by atoms with E-state index in [1.165, 1.54) is 10.4 Å². The van der Waals surface area contributed by atoms with Crippen molar-refractivity contribution in [2.24, 2.45) is 10.8 Å². The monoisotopic (exact) mass is 548 g/mol. The summed E-state index contributed by atoms with van der Waals surface area (Å²) in [5.41, 5.74) is 1.19. The highest BCUT2D eigenvalue weighted by atomic mass is 28.4. The van der Waals surface area contributed by atoms with Gasteiger partial charge in [0.05, 0.1) is 19.3 Å². The second-order valence-electron chi connectivity index (χ2n) is 13.5. The summed E-state index contributed by atoms with van der Waals surface area (Å²) in [6.07, 6.45) is 8.85. The highest BCUT2D eigenvalue weighted by Crippen LogP contribution is 2.59. The molecule has 3 aliphatic rings. The molecule has 1 N–H and O–H groups in total. The topological polar surface area (TPSA) is 47.9 Å². The third kappa shape index (κ3) is 5.22. The van der Waals surface area contributed by atoms with Gasteiger partial charge in [-0.1, -0.05) is 94.4 Å². The van der Waals surface area contributed by atoms with E-state index in [-0.39, 0.29) is 22.0 Å². The fourth-order valence-electron chi connectivity index (χ4n) is 7.92. The van der Waals surface area contributed by atoms with Gasteiger partial charge in [0.1, 0.15) is 0 Å². The lowest BCUT2D eigenvalue weighted by Gasteiger charge is -2.55. The molecule has 2 aromatic carbocycles. The molecule has 5 rings (SSSR count). The number of benzene rings is 2. The molecule has 4 nitrogen and oxygen atoms in total. The Balaban J connectivity index is 1.49. The number of hydrogen-bond acceptors (Lipinski definition) is 4. The van der Waals surface area contributed by atoms with Crippen LogP contribution in [0.2, 0.25) is 5.04 Å². The molecule has 5 heteroatoms. The number of aliphatic hydroxyl groups is 1. The first kappa shape index (κ1) is 28.8. The highest BCUT2D eigenvalue weighted by molar-refractivity contribution is 6.99. The molecule has 1 aliphatic heterocycles. The van der Waals surface area contributed by atoms with Gasteiger partial charge in [-0.15, -0.1) is 0 Å². The van der Waals surface area contributed by atoms with Crippen LogP contribution in [-0.4, -0.2) is 45.1 Å². The zero-order valence-electron chi connectivity index (χ0n) is 24.7. The van der Waals surface area contributed by atoms with Gasteiger partial charge in [-0.25, -0.2) is 0 Å². The van der Waals surface area contributed by atoms with Crippen molar-refractivity contribution in [3.05, 3.63) is 72.3 Å². The molecule has 0 amide bonds. The first-order valence-corrected chi connectivity index (χ1v) is 16.9. The van der Waals surface area contributed by atoms with Crippen LogP contribution in [0.15, 0.2) is 72.3 Å². The van der Waals surface area contributed by atoms with Crippen molar-refractivity contribution < 1.29 is 19.0 Å². The summed E-state index contributed by atoms with van der Waals surface area (Å²) >= 11 is 0. The third-order valence-corrected chi connectivity index (χ3v) is 15.4. The lowest BCUT2D eigenvalue weighted by molar-refractivity contribution is -0.202. The Bertz CT molecular complexity index is 1080. The largest absolute Gasteiger partial charge is 0.407 e. The van der Waals surface area contributed by atoms with Crippen LogP contribution in [0.4, 0.5) is 0 Å². The molecule has 2 aromatic rings. The minimum absolute atomic E-state index is 0.00529. The fourth-order valence-corrected chi connectivity index (χ4v) is 12.5. The molecule has 1 heterocycles. The first-order chi connectivity index (χ1) is 18.6. The van der Waals surface area contributed by atoms with Gasteiger partial charge in [-0.05, 0) is 70.8 Å². The Morgan fingerprint density at radius 2 is 1.41 bits per heavy atom. The van der Waals surface area contributed by atoms with Crippen LogP contribution < -0.4 is 10.4 Å². The summed E-state index contributed by atoms with van der Waals surface area (Å²) in [7, 11) is -2.60. The van der Waals surface area contributed by atoms with E-state index in [1.54, 1.807) is 0 Å². The van der Waals surface area contributed by atoms with E-state index >= 15 is 0 Å². The molecule has 0 radical (unpaired) electrons. The Morgan fingerprint density at radius 3 is 1.90 bits per heavy atom. The molecular formula is C34H48O4Si. The molecule has 0 unspecified atom stereocenters. The van der Waals surface area contributed by atoms with Crippen LogP contribution in [0.3, 0.4) is 0 Å². The van der Waals surface area contributed by atoms with Crippen LogP contribution in [-0.2, 0) is 13.9 Å². The molecular weight excluding hydrogens is 500 g/mol. The van der Waals surface area contributed by atoms with E-state index in [0.717, 1.165) is 50.5 Å². The summed E-state index contributed by atoms with van der Waals surface area (Å²) in [4.78, 5) is 0. The van der Waals surface area contributed by atoms with Gasteiger partial charge in [-0.3, -0.25) is 0 Å². The van der Waals surface area contributed by atoms with Crippen molar-refractivity contribution in [1.29, 1.82) is 0 Å². The molecule has 0 aromatic heterocycles. The van der Waals surface area contributed by atoms with Gasteiger partial charge in [0, 0.05) is 19.4 Å². The maximum atomic E-state index is 10.6. The SMILES string of the molecule is CC1=C[C@@](C)(C2(CCO[Si](c3ccccc3)(c3ccccc3)C(C)(C)C)CCC3(CC2)OCCO3)CC[C@@H]1O. The average molecular weight is 549 g/mol. The quantitative estimate of drug-likeness (QED) is 0.323. The van der Waals surface area contributed by atoms with Crippen molar-refractivity contribution in [2.45, 2.75) is 96.5 Å². The number of allylic oxidation sites excluding steroid dienone is 1. The number of ether oxygens (including phenoxy) is 2. The summed E-state index contributed by atoms with van der Waals surface area (Å²) in [5, 5.41) is 13.2. The van der Waals surface area contributed by atoms with Crippen molar-refractivity contribution in [3.8, 4) is 0 Å². The average Bonchev–Trinajstić information content (AvgIpc) is 3.39. The van der Waals surface area contributed by atoms with Crippen LogP contribution in [0, 0.1) is 10.8 Å². The number of hydrogen-bond donors (Lipinski definition) is 1. The molecule has 1 saturated heterocycles. The van der Waals surface area contributed by atoms with Gasteiger partial charge in [0.2, 0.25) is 0 Å². The third-order valence-electron chi connectivity index (χ3n) is 10.3. The molecule has 0 bridgehead atoms. The molecule has 2 aliphatic carbocycles. The van der Waals surface area contributed by atoms with Crippen LogP contribution in [0.1, 0.15) is 79.6 Å². The van der Waals surface area contributed by atoms with Gasteiger partial charge in [0.25, 0.3) is 8.32 Å². The summed E-state index contributed by atoms with van der Waals surface area (Å²) in [6.45, 7) is 13.7. The molecule has 2 atom stereocenters. The maximum absolute atomic E-state index is 10.6. The van der Waals surface area contributed by atoms with Gasteiger partial charge < -0.3 is 19.0 Å². The predicted octanol–water partition coefficient (Wildman–Crippen LogP) is 6.36. The second kappa shape index (κ2) is 10.9. The predicted molar refractivity (Wildman–Crippen MR) is 161 cm³/mol. The van der Waals surface area contributed by atoms with E-state index in [0.29, 0.717) is 19.8 Å². The number of rotatable bonds is 7. The van der Waals surface area contributed by atoms with Crippen LogP contribution >= 0.6 is 0 Å². The first-order valence-electron chi connectivity index (χ1n) is 15.0. The summed E-state index contributed by atoms with van der Waals surface area (Å²) in [5.74, 6) is -0.397. The Labute approximate surface area is 236 Å². The van der Waals surface area contributed by atoms with Crippen molar-refractivity contribution in [3.63, 3.8) is 0 Å². The van der Waals surface area contributed by atoms with Gasteiger partial charge in [-0.2, -0.15) is 0 Å². The van der Waals surface area contributed by atoms with Gasteiger partial charge in [0.15, 0.2) is 5.79 Å². The van der Waals surface area contributed by atoms with Crippen molar-refractivity contribution >= 4 is 18.7 Å². The minimum Gasteiger partial charge on any atom is -0.407 e. The Hall–Kier alpha value is -1.76. The Morgan fingerprint density at radius 1 is 0.872 bits per heavy atom. The fraction of sp³-hybridized carbons (Fsp3) is 0.588. The lowest BCUT2D eigenvalue weighted by atomic mass is 9.52. The van der Waals surface area contributed by atoms with E-state index in [1.807, 2.05) is 0 Å². The van der Waals surface area contributed by atoms with E-state index in [2.05, 4.69) is 101 Å². The molecule has 39 heavy (non-hydrogen) atoms. The zero-order chi connectivity index (χ0) is 27.8. The van der Waals surface area contributed by atoms with Crippen LogP contribution in [0.25, 0.3) is 0 Å². The lowest BCUT2D eigenvalue weighted by Crippen LogP contribution is -2.66. The summed E-state index contributed by atoms with van der Waals surface area (Å²) in [6, 6.07) is 21.9. The molecule has 1 spiro atoms. The number of aliphatic hydroxyl groups excluding tert-OH is 1. The van der Waals surface area contributed by atoms with Crippen molar-refractivity contribution in [1.82, 2.24) is 0 Å². The zero-order valence-corrected chi connectivity index (χ0v) is 25.7. The summed E-state index contributed by atoms with van der Waals surface area (Å²) < 4.78 is 19.7. The second-order valence-corrected chi connectivity index (χ2v) is 17.8. The highest BCUT2D eigenvalue weighted by Gasteiger charge is 2.55. The standard InChI is InChI=1S/C34H48O4Si/c1-27-26-32(5,17-16-30(27)35)33(18-20-34(21-19-33)36-24-25-37-34)22-23-38-39(31(2,3)4,28-12-8-6-9-13-28)29-14-10-7-11-15-29/h6-15,26,30,35H,16-25H2,1-5H3/t30-,32-/m0/s1. The van der Waals surface area contributed by atoms with Gasteiger partial charge >= 0.3 is 0 Å². The van der Waals surface area contributed by atoms with Crippen LogP contribution in [0.5, 0.6) is 0 Å². The van der Waals surface area contributed by atoms with Crippen molar-refractivity contribution in [2.75, 3.05) is 19.8 Å². The van der Waals surface area contributed by atoms with E-state index in [4.69, 9.17) is 13.9 Å². The molecule has 212 valence electrons. The Kier molecular flexibility index (Phi) is 8.04. The van der Waals surface area contributed by atoms with E-state index < -0.39 is 14.1 Å². The molecule has 1 saturated carbocycles. The molecule has 2 fully saturated rings. The van der Waals surface area contributed by atoms with E-state index in [9.17, 15) is 5.11 Å².